The third-order valence-corrected chi connectivity index (χ3v) is 5.24. The van der Waals surface area contributed by atoms with Gasteiger partial charge in [0.15, 0.2) is 5.82 Å². The van der Waals surface area contributed by atoms with Crippen LogP contribution in [-0.2, 0) is 16.6 Å². The van der Waals surface area contributed by atoms with Gasteiger partial charge < -0.3 is 9.84 Å². The van der Waals surface area contributed by atoms with Crippen LogP contribution in [0.5, 0.6) is 0 Å². The van der Waals surface area contributed by atoms with E-state index in [2.05, 4.69) is 15.2 Å². The van der Waals surface area contributed by atoms with Crippen LogP contribution in [0.1, 0.15) is 27.2 Å². The average Bonchev–Trinajstić information content (AvgIpc) is 3.05. The molecule has 0 atom stereocenters. The highest BCUT2D eigenvalue weighted by Crippen LogP contribution is 2.16. The molecule has 1 amide bonds. The Balaban J connectivity index is 1.65. The van der Waals surface area contributed by atoms with Crippen molar-refractivity contribution < 1.29 is 17.7 Å². The molecule has 2 aromatic carbocycles. The number of anilines is 1. The van der Waals surface area contributed by atoms with Gasteiger partial charge >= 0.3 is 0 Å². The number of hydrogen-bond acceptors (Lipinski definition) is 5. The van der Waals surface area contributed by atoms with Crippen molar-refractivity contribution in [2.75, 3.05) is 4.72 Å². The third kappa shape index (κ3) is 4.73. The van der Waals surface area contributed by atoms with E-state index in [4.69, 9.17) is 4.52 Å². The lowest BCUT2D eigenvalue weighted by atomic mass is 10.1. The molecule has 0 aliphatic rings. The fourth-order valence-electron chi connectivity index (χ4n) is 2.39. The Morgan fingerprint density at radius 2 is 1.70 bits per heavy atom. The molecule has 2 N–H and O–H groups in total. The lowest BCUT2D eigenvalue weighted by Crippen LogP contribution is -2.23. The first-order valence-corrected chi connectivity index (χ1v) is 9.72. The lowest BCUT2D eigenvalue weighted by Gasteiger charge is -2.08. The van der Waals surface area contributed by atoms with E-state index in [0.717, 1.165) is 11.1 Å². The molecule has 1 heterocycles. The molecule has 0 fully saturated rings. The van der Waals surface area contributed by atoms with Crippen LogP contribution in [0.3, 0.4) is 0 Å². The molecule has 0 radical (unpaired) electrons. The molecule has 7 nitrogen and oxygen atoms in total. The van der Waals surface area contributed by atoms with Crippen LogP contribution >= 0.6 is 0 Å². The number of sulfonamides is 1. The van der Waals surface area contributed by atoms with Crippen LogP contribution in [0, 0.1) is 13.8 Å². The highest BCUT2D eigenvalue weighted by Gasteiger charge is 2.17. The summed E-state index contributed by atoms with van der Waals surface area (Å²) in [5.41, 5.74) is 2.51. The molecule has 3 rings (SSSR count). The third-order valence-electron chi connectivity index (χ3n) is 3.87. The Bertz CT molecular complexity index is 1040. The maximum absolute atomic E-state index is 12.3. The van der Waals surface area contributed by atoms with Crippen LogP contribution in [-0.4, -0.2) is 19.5 Å². The molecule has 8 heteroatoms. The summed E-state index contributed by atoms with van der Waals surface area (Å²) in [5, 5.41) is 6.41. The summed E-state index contributed by atoms with van der Waals surface area (Å²) in [6, 6.07) is 15.0. The Kier molecular flexibility index (Phi) is 5.27. The summed E-state index contributed by atoms with van der Waals surface area (Å²) < 4.78 is 31.8. The van der Waals surface area contributed by atoms with Crippen molar-refractivity contribution >= 4 is 21.7 Å². The number of nitrogens with one attached hydrogen (secondary N) is 2. The molecule has 1 aromatic heterocycles. The van der Waals surface area contributed by atoms with Crippen LogP contribution in [0.4, 0.5) is 5.82 Å². The largest absolute Gasteiger partial charge is 0.360 e. The van der Waals surface area contributed by atoms with Gasteiger partial charge in [-0.25, -0.2) is 8.42 Å². The van der Waals surface area contributed by atoms with Gasteiger partial charge in [0, 0.05) is 18.2 Å². The first kappa shape index (κ1) is 18.7. The van der Waals surface area contributed by atoms with Crippen LogP contribution in [0.15, 0.2) is 64.0 Å². The highest BCUT2D eigenvalue weighted by atomic mass is 32.2. The molecule has 140 valence electrons. The number of benzene rings is 2. The van der Waals surface area contributed by atoms with E-state index in [0.29, 0.717) is 17.9 Å². The summed E-state index contributed by atoms with van der Waals surface area (Å²) >= 11 is 0. The number of hydrogen-bond donors (Lipinski definition) is 2. The van der Waals surface area contributed by atoms with E-state index in [9.17, 15) is 13.2 Å². The Hall–Kier alpha value is -3.13. The van der Waals surface area contributed by atoms with Crippen molar-refractivity contribution in [2.24, 2.45) is 0 Å². The summed E-state index contributed by atoms with van der Waals surface area (Å²) in [6.45, 7) is 4.05. The minimum Gasteiger partial charge on any atom is -0.360 e. The maximum Gasteiger partial charge on any atom is 0.263 e. The fraction of sp³-hybridized carbons (Fsp3) is 0.158. The van der Waals surface area contributed by atoms with Gasteiger partial charge in [0.2, 0.25) is 0 Å². The van der Waals surface area contributed by atoms with Gasteiger partial charge in [-0.3, -0.25) is 9.52 Å². The topological polar surface area (TPSA) is 101 Å². The minimum atomic E-state index is -3.81. The number of nitrogens with zero attached hydrogens (tertiary/aromatic N) is 1. The van der Waals surface area contributed by atoms with E-state index < -0.39 is 10.0 Å². The van der Waals surface area contributed by atoms with Crippen molar-refractivity contribution in [3.05, 3.63) is 77.0 Å². The first-order chi connectivity index (χ1) is 12.8. The molecular weight excluding hydrogens is 366 g/mol. The predicted molar refractivity (Wildman–Crippen MR) is 101 cm³/mol. The van der Waals surface area contributed by atoms with E-state index >= 15 is 0 Å². The van der Waals surface area contributed by atoms with E-state index in [-0.39, 0.29) is 16.6 Å². The zero-order valence-electron chi connectivity index (χ0n) is 14.9. The summed E-state index contributed by atoms with van der Waals surface area (Å²) in [7, 11) is -3.81. The second-order valence-electron chi connectivity index (χ2n) is 6.12. The van der Waals surface area contributed by atoms with Crippen molar-refractivity contribution in [1.82, 2.24) is 10.5 Å². The molecule has 0 aliphatic heterocycles. The van der Waals surface area contributed by atoms with Crippen LogP contribution in [0.25, 0.3) is 0 Å². The number of carbonyl (C=O) groups excluding carboxylic acids is 1. The first-order valence-electron chi connectivity index (χ1n) is 8.23. The Morgan fingerprint density at radius 1 is 1.04 bits per heavy atom. The van der Waals surface area contributed by atoms with E-state index in [1.54, 1.807) is 6.92 Å². The van der Waals surface area contributed by atoms with Gasteiger partial charge in [0.1, 0.15) is 5.76 Å². The monoisotopic (exact) mass is 385 g/mol. The molecule has 0 spiro atoms. The second kappa shape index (κ2) is 7.63. The van der Waals surface area contributed by atoms with Gasteiger partial charge in [0.05, 0.1) is 4.90 Å². The van der Waals surface area contributed by atoms with Crippen LogP contribution < -0.4 is 10.0 Å². The normalized spacial score (nSPS) is 11.2. The van der Waals surface area contributed by atoms with E-state index in [1.165, 1.54) is 30.3 Å². The van der Waals surface area contributed by atoms with Gasteiger partial charge in [-0.2, -0.15) is 0 Å². The average molecular weight is 385 g/mol. The van der Waals surface area contributed by atoms with Crippen molar-refractivity contribution in [3.63, 3.8) is 0 Å². The zero-order chi connectivity index (χ0) is 19.4. The van der Waals surface area contributed by atoms with Crippen LogP contribution in [0.2, 0.25) is 0 Å². The van der Waals surface area contributed by atoms with Gasteiger partial charge in [-0.05, 0) is 43.7 Å². The number of carbonyl (C=O) groups is 1. The fourth-order valence-corrected chi connectivity index (χ4v) is 3.37. The Labute approximate surface area is 157 Å². The Morgan fingerprint density at radius 3 is 2.30 bits per heavy atom. The summed E-state index contributed by atoms with van der Waals surface area (Å²) in [4.78, 5) is 12.3. The number of rotatable bonds is 6. The molecule has 0 saturated heterocycles. The minimum absolute atomic E-state index is 0.0261. The van der Waals surface area contributed by atoms with Gasteiger partial charge in [-0.1, -0.05) is 35.0 Å². The standard InChI is InChI=1S/C19H19N3O4S/c1-13-3-5-15(6-4-13)12-20-19(23)16-7-9-17(10-8-16)27(24,25)22-18-11-14(2)26-21-18/h3-11H,12H2,1-2H3,(H,20,23)(H,21,22). The van der Waals surface area contributed by atoms with Crippen molar-refractivity contribution in [1.29, 1.82) is 0 Å². The molecular formula is C19H19N3O4S. The summed E-state index contributed by atoms with van der Waals surface area (Å²) in [5.74, 6) is 0.320. The second-order valence-corrected chi connectivity index (χ2v) is 7.80. The lowest BCUT2D eigenvalue weighted by molar-refractivity contribution is 0.0951. The summed E-state index contributed by atoms with van der Waals surface area (Å²) in [6.07, 6.45) is 0. The predicted octanol–water partition coefficient (Wildman–Crippen LogP) is 3.02. The SMILES string of the molecule is Cc1ccc(CNC(=O)c2ccc(S(=O)(=O)Nc3cc(C)on3)cc2)cc1. The quantitative estimate of drug-likeness (QED) is 0.679. The maximum atomic E-state index is 12.3. The molecule has 27 heavy (non-hydrogen) atoms. The van der Waals surface area contributed by atoms with Crippen molar-refractivity contribution in [3.8, 4) is 0 Å². The van der Waals surface area contributed by atoms with E-state index in [1.807, 2.05) is 31.2 Å². The number of amides is 1. The van der Waals surface area contributed by atoms with Gasteiger partial charge in [0.25, 0.3) is 15.9 Å². The molecule has 0 aliphatic carbocycles. The molecule has 0 unspecified atom stereocenters. The molecule has 0 saturated carbocycles. The van der Waals surface area contributed by atoms with Gasteiger partial charge in [-0.15, -0.1) is 0 Å². The number of aromatic nitrogens is 1. The molecule has 0 bridgehead atoms. The highest BCUT2D eigenvalue weighted by molar-refractivity contribution is 7.92. The van der Waals surface area contributed by atoms with Crippen molar-refractivity contribution in [2.45, 2.75) is 25.3 Å². The zero-order valence-corrected chi connectivity index (χ0v) is 15.7. The number of aryl methyl sites for hydroxylation is 2. The smallest absolute Gasteiger partial charge is 0.263 e. The molecule has 3 aromatic rings.